The number of aryl methyl sites for hydroxylation is 1. The molecule has 0 spiro atoms. The third-order valence-corrected chi connectivity index (χ3v) is 3.88. The number of benzene rings is 1. The van der Waals surface area contributed by atoms with Gasteiger partial charge in [-0.15, -0.1) is 0 Å². The molecule has 5 nitrogen and oxygen atoms in total. The second kappa shape index (κ2) is 6.51. The molecule has 0 unspecified atom stereocenters. The zero-order valence-electron chi connectivity index (χ0n) is 13.8. The number of pyridine rings is 1. The van der Waals surface area contributed by atoms with Crippen molar-refractivity contribution in [3.63, 3.8) is 0 Å². The summed E-state index contributed by atoms with van der Waals surface area (Å²) in [6.45, 7) is 1.91. The number of fused-ring (bicyclic) bond motifs is 1. The maximum Gasteiger partial charge on any atom is 0.280 e. The van der Waals surface area contributed by atoms with E-state index in [9.17, 15) is 8.78 Å². The minimum Gasteiger partial charge on any atom is -0.438 e. The van der Waals surface area contributed by atoms with E-state index in [1.54, 1.807) is 12.3 Å². The minimum absolute atomic E-state index is 0.216. The van der Waals surface area contributed by atoms with E-state index < -0.39 is 6.43 Å². The van der Waals surface area contributed by atoms with E-state index in [2.05, 4.69) is 19.9 Å². The fourth-order valence-corrected chi connectivity index (χ4v) is 2.63. The average molecular weight is 352 g/mol. The number of aromatic nitrogens is 4. The lowest BCUT2D eigenvalue weighted by Gasteiger charge is -2.09. The van der Waals surface area contributed by atoms with Crippen molar-refractivity contribution in [3.05, 3.63) is 66.0 Å². The Morgan fingerprint density at radius 1 is 0.962 bits per heavy atom. The van der Waals surface area contributed by atoms with Gasteiger partial charge in [0.2, 0.25) is 5.88 Å². The van der Waals surface area contributed by atoms with Crippen LogP contribution in [-0.4, -0.2) is 19.9 Å². The monoisotopic (exact) mass is 352 g/mol. The van der Waals surface area contributed by atoms with Crippen molar-refractivity contribution in [2.45, 2.75) is 13.3 Å². The van der Waals surface area contributed by atoms with Crippen LogP contribution in [-0.2, 0) is 0 Å². The topological polar surface area (TPSA) is 63.7 Å². The molecule has 3 heterocycles. The van der Waals surface area contributed by atoms with Gasteiger partial charge in [0, 0.05) is 6.20 Å². The number of nitrogens with zero attached hydrogens (tertiary/aromatic N) is 3. The Morgan fingerprint density at radius 2 is 1.77 bits per heavy atom. The highest BCUT2D eigenvalue weighted by atomic mass is 19.3. The molecule has 0 fully saturated rings. The summed E-state index contributed by atoms with van der Waals surface area (Å²) in [5.41, 5.74) is 1.42. The maximum atomic E-state index is 13.0. The van der Waals surface area contributed by atoms with Crippen LogP contribution in [0.25, 0.3) is 22.6 Å². The molecule has 26 heavy (non-hydrogen) atoms. The first-order valence-electron chi connectivity index (χ1n) is 7.96. The van der Waals surface area contributed by atoms with Crippen LogP contribution in [0, 0.1) is 6.92 Å². The minimum atomic E-state index is -2.66. The molecule has 7 heteroatoms. The Balaban J connectivity index is 1.85. The summed E-state index contributed by atoms with van der Waals surface area (Å²) < 4.78 is 31.8. The molecule has 4 rings (SSSR count). The number of ether oxygens (including phenoxy) is 1. The first kappa shape index (κ1) is 16.1. The van der Waals surface area contributed by atoms with Crippen LogP contribution in [0.15, 0.2) is 54.7 Å². The SMILES string of the molecule is Cc1c[nH]c2nc(-c3cccc(C(F)F)n3)nc(Oc3ccccc3)c12. The van der Waals surface area contributed by atoms with Crippen molar-refractivity contribution in [2.24, 2.45) is 0 Å². The molecule has 0 radical (unpaired) electrons. The molecular formula is C19H14F2N4O. The molecule has 0 aliphatic rings. The van der Waals surface area contributed by atoms with Gasteiger partial charge in [0.1, 0.15) is 22.8 Å². The van der Waals surface area contributed by atoms with Crippen molar-refractivity contribution in [1.29, 1.82) is 0 Å². The quantitative estimate of drug-likeness (QED) is 0.558. The van der Waals surface area contributed by atoms with Gasteiger partial charge >= 0.3 is 0 Å². The van der Waals surface area contributed by atoms with Gasteiger partial charge in [0.05, 0.1) is 5.39 Å². The fourth-order valence-electron chi connectivity index (χ4n) is 2.63. The predicted molar refractivity (Wildman–Crippen MR) is 93.3 cm³/mol. The maximum absolute atomic E-state index is 13.0. The van der Waals surface area contributed by atoms with E-state index in [0.29, 0.717) is 17.3 Å². The molecule has 1 N–H and O–H groups in total. The summed E-state index contributed by atoms with van der Waals surface area (Å²) >= 11 is 0. The molecule has 0 amide bonds. The Morgan fingerprint density at radius 3 is 2.54 bits per heavy atom. The smallest absolute Gasteiger partial charge is 0.280 e. The third-order valence-electron chi connectivity index (χ3n) is 3.88. The Bertz CT molecular complexity index is 1060. The number of hydrogen-bond donors (Lipinski definition) is 1. The summed E-state index contributed by atoms with van der Waals surface area (Å²) in [6.07, 6.45) is -0.865. The summed E-state index contributed by atoms with van der Waals surface area (Å²) in [5, 5.41) is 0.739. The molecule has 3 aromatic heterocycles. The highest BCUT2D eigenvalue weighted by Crippen LogP contribution is 2.31. The van der Waals surface area contributed by atoms with Crippen LogP contribution in [0.4, 0.5) is 8.78 Å². The van der Waals surface area contributed by atoms with Gasteiger partial charge in [-0.1, -0.05) is 24.3 Å². The van der Waals surface area contributed by atoms with Crippen molar-refractivity contribution >= 4 is 11.0 Å². The van der Waals surface area contributed by atoms with Gasteiger partial charge in [-0.3, -0.25) is 0 Å². The van der Waals surface area contributed by atoms with E-state index >= 15 is 0 Å². The van der Waals surface area contributed by atoms with Crippen LogP contribution < -0.4 is 4.74 Å². The van der Waals surface area contributed by atoms with Crippen LogP contribution in [0.2, 0.25) is 0 Å². The van der Waals surface area contributed by atoms with E-state index in [4.69, 9.17) is 4.74 Å². The number of hydrogen-bond acceptors (Lipinski definition) is 4. The van der Waals surface area contributed by atoms with E-state index in [1.807, 2.05) is 37.3 Å². The van der Waals surface area contributed by atoms with Crippen LogP contribution >= 0.6 is 0 Å². The van der Waals surface area contributed by atoms with Gasteiger partial charge in [-0.25, -0.2) is 18.7 Å². The number of H-pyrrole nitrogens is 1. The van der Waals surface area contributed by atoms with Gasteiger partial charge in [0.15, 0.2) is 5.82 Å². The predicted octanol–water partition coefficient (Wildman–Crippen LogP) is 5.06. The zero-order chi connectivity index (χ0) is 18.1. The summed E-state index contributed by atoms with van der Waals surface area (Å²) in [7, 11) is 0. The Hall–Kier alpha value is -3.35. The number of aromatic amines is 1. The molecular weight excluding hydrogens is 338 g/mol. The molecule has 1 aromatic carbocycles. The Kier molecular flexibility index (Phi) is 4.04. The number of halogens is 2. The van der Waals surface area contributed by atoms with Crippen molar-refractivity contribution in [1.82, 2.24) is 19.9 Å². The summed E-state index contributed by atoms with van der Waals surface area (Å²) in [4.78, 5) is 15.9. The molecule has 0 saturated heterocycles. The number of rotatable bonds is 4. The fraction of sp³-hybridized carbons (Fsp3) is 0.105. The van der Waals surface area contributed by atoms with Crippen LogP contribution in [0.3, 0.4) is 0 Å². The average Bonchev–Trinajstić information content (AvgIpc) is 3.04. The number of alkyl halides is 2. The molecule has 0 aliphatic heterocycles. The molecule has 0 atom stereocenters. The van der Waals surface area contributed by atoms with Gasteiger partial charge in [0.25, 0.3) is 6.43 Å². The molecule has 130 valence electrons. The van der Waals surface area contributed by atoms with E-state index in [1.165, 1.54) is 12.1 Å². The Labute approximate surface area is 147 Å². The second-order valence-electron chi connectivity index (χ2n) is 5.71. The second-order valence-corrected chi connectivity index (χ2v) is 5.71. The standard InChI is InChI=1S/C19H14F2N4O/c1-11-10-22-18-15(11)19(26-12-6-3-2-4-7-12)25-17(24-18)14-9-5-8-13(23-14)16(20)21/h2-10,16H,1H3,(H,22,24,25). The van der Waals surface area contributed by atoms with Crippen molar-refractivity contribution < 1.29 is 13.5 Å². The first-order chi connectivity index (χ1) is 12.6. The van der Waals surface area contributed by atoms with Crippen LogP contribution in [0.1, 0.15) is 17.7 Å². The number of para-hydroxylation sites is 1. The first-order valence-corrected chi connectivity index (χ1v) is 7.96. The molecule has 4 aromatic rings. The van der Waals surface area contributed by atoms with E-state index in [-0.39, 0.29) is 17.2 Å². The molecule has 0 saturated carbocycles. The normalized spacial score (nSPS) is 11.2. The third kappa shape index (κ3) is 2.99. The van der Waals surface area contributed by atoms with Gasteiger partial charge in [-0.2, -0.15) is 4.98 Å². The molecule has 0 bridgehead atoms. The van der Waals surface area contributed by atoms with E-state index in [0.717, 1.165) is 10.9 Å². The van der Waals surface area contributed by atoms with Gasteiger partial charge in [-0.05, 0) is 36.8 Å². The summed E-state index contributed by atoms with van der Waals surface area (Å²) in [5.74, 6) is 1.18. The highest BCUT2D eigenvalue weighted by molar-refractivity contribution is 5.86. The number of nitrogens with one attached hydrogen (secondary N) is 1. The van der Waals surface area contributed by atoms with Crippen LogP contribution in [0.5, 0.6) is 11.6 Å². The van der Waals surface area contributed by atoms with Crippen molar-refractivity contribution in [3.8, 4) is 23.1 Å². The van der Waals surface area contributed by atoms with Gasteiger partial charge < -0.3 is 9.72 Å². The molecule has 0 aliphatic carbocycles. The highest BCUT2D eigenvalue weighted by Gasteiger charge is 2.17. The lowest BCUT2D eigenvalue weighted by molar-refractivity contribution is 0.146. The summed E-state index contributed by atoms with van der Waals surface area (Å²) in [6, 6.07) is 13.6. The van der Waals surface area contributed by atoms with Crippen molar-refractivity contribution in [2.75, 3.05) is 0 Å². The largest absolute Gasteiger partial charge is 0.438 e. The lowest BCUT2D eigenvalue weighted by atomic mass is 10.2. The zero-order valence-corrected chi connectivity index (χ0v) is 13.8. The lowest BCUT2D eigenvalue weighted by Crippen LogP contribution is -1.99.